The molecule has 20 heavy (non-hydrogen) atoms. The van der Waals surface area contributed by atoms with Gasteiger partial charge in [0.2, 0.25) is 0 Å². The molecule has 2 atom stereocenters. The topological polar surface area (TPSA) is 17.1 Å². The number of benzene rings is 1. The van der Waals surface area contributed by atoms with Gasteiger partial charge in [-0.3, -0.25) is 4.79 Å². The Hall–Kier alpha value is -1.11. The summed E-state index contributed by atoms with van der Waals surface area (Å²) in [6.45, 7) is 6.89. The lowest BCUT2D eigenvalue weighted by Gasteiger charge is -2.16. The van der Waals surface area contributed by atoms with Crippen LogP contribution in [0.2, 0.25) is 0 Å². The predicted octanol–water partition coefficient (Wildman–Crippen LogP) is 5.89. The van der Waals surface area contributed by atoms with Crippen molar-refractivity contribution < 1.29 is 4.79 Å². The fraction of sp³-hybridized carbons (Fsp3) is 0.632. The highest BCUT2D eigenvalue weighted by molar-refractivity contribution is 5.95. The summed E-state index contributed by atoms with van der Waals surface area (Å²) in [7, 11) is 0. The van der Waals surface area contributed by atoms with Crippen LogP contribution in [-0.2, 0) is 0 Å². The molecule has 1 nitrogen and oxygen atoms in total. The van der Waals surface area contributed by atoms with E-state index in [9.17, 15) is 4.79 Å². The van der Waals surface area contributed by atoms with Crippen molar-refractivity contribution in [3.63, 3.8) is 0 Å². The molecule has 0 saturated heterocycles. The Balaban J connectivity index is 2.26. The van der Waals surface area contributed by atoms with E-state index in [1.807, 2.05) is 30.3 Å². The van der Waals surface area contributed by atoms with E-state index in [0.29, 0.717) is 12.2 Å². The van der Waals surface area contributed by atoms with Gasteiger partial charge in [0.25, 0.3) is 0 Å². The van der Waals surface area contributed by atoms with Gasteiger partial charge in [-0.05, 0) is 18.3 Å². The molecule has 0 aliphatic carbocycles. The smallest absolute Gasteiger partial charge is 0.162 e. The van der Waals surface area contributed by atoms with Crippen LogP contribution < -0.4 is 0 Å². The molecule has 0 aliphatic heterocycles. The Bertz CT molecular complexity index is 369. The Labute approximate surface area is 124 Å². The Morgan fingerprint density at radius 3 is 2.30 bits per heavy atom. The Morgan fingerprint density at radius 1 is 1.00 bits per heavy atom. The Kier molecular flexibility index (Phi) is 8.25. The molecule has 112 valence electrons. The summed E-state index contributed by atoms with van der Waals surface area (Å²) in [5, 5.41) is 0. The van der Waals surface area contributed by atoms with E-state index in [2.05, 4.69) is 20.8 Å². The van der Waals surface area contributed by atoms with Crippen LogP contribution in [0.4, 0.5) is 0 Å². The van der Waals surface area contributed by atoms with E-state index in [-0.39, 0.29) is 0 Å². The first-order valence-electron chi connectivity index (χ1n) is 8.25. The second-order valence-electron chi connectivity index (χ2n) is 6.05. The third kappa shape index (κ3) is 6.36. The lowest BCUT2D eigenvalue weighted by atomic mass is 9.89. The van der Waals surface area contributed by atoms with Crippen molar-refractivity contribution in [1.29, 1.82) is 0 Å². The van der Waals surface area contributed by atoms with Gasteiger partial charge in [0.05, 0.1) is 0 Å². The molecule has 1 rings (SSSR count). The van der Waals surface area contributed by atoms with Crippen LogP contribution in [0.1, 0.15) is 76.1 Å². The molecule has 1 aromatic carbocycles. The van der Waals surface area contributed by atoms with Crippen molar-refractivity contribution in [2.45, 2.75) is 65.7 Å². The van der Waals surface area contributed by atoms with Crippen LogP contribution in [0, 0.1) is 11.8 Å². The maximum atomic E-state index is 12.0. The van der Waals surface area contributed by atoms with Crippen molar-refractivity contribution in [3.05, 3.63) is 35.9 Å². The first-order valence-corrected chi connectivity index (χ1v) is 8.25. The van der Waals surface area contributed by atoms with Crippen molar-refractivity contribution in [1.82, 2.24) is 0 Å². The van der Waals surface area contributed by atoms with E-state index in [1.165, 1.54) is 32.1 Å². The van der Waals surface area contributed by atoms with Gasteiger partial charge in [-0.25, -0.2) is 0 Å². The lowest BCUT2D eigenvalue weighted by molar-refractivity contribution is 0.0977. The standard InChI is InChI=1S/C19H30O/c1-4-16(3)14-15-17(5-2)10-9-13-19(20)18-11-7-6-8-12-18/h6-8,11-12,16-17H,4-5,9-10,13-15H2,1-3H3. The van der Waals surface area contributed by atoms with Crippen molar-refractivity contribution in [3.8, 4) is 0 Å². The van der Waals surface area contributed by atoms with Crippen molar-refractivity contribution in [2.24, 2.45) is 11.8 Å². The van der Waals surface area contributed by atoms with Gasteiger partial charge in [-0.1, -0.05) is 83.2 Å². The zero-order valence-corrected chi connectivity index (χ0v) is 13.4. The largest absolute Gasteiger partial charge is 0.294 e. The molecule has 0 radical (unpaired) electrons. The second-order valence-corrected chi connectivity index (χ2v) is 6.05. The molecular formula is C19H30O. The fourth-order valence-corrected chi connectivity index (χ4v) is 2.60. The third-order valence-corrected chi connectivity index (χ3v) is 4.45. The minimum Gasteiger partial charge on any atom is -0.294 e. The monoisotopic (exact) mass is 274 g/mol. The minimum absolute atomic E-state index is 0.294. The van der Waals surface area contributed by atoms with Crippen LogP contribution in [0.15, 0.2) is 30.3 Å². The van der Waals surface area contributed by atoms with E-state index in [1.54, 1.807) is 0 Å². The molecule has 0 N–H and O–H groups in total. The summed E-state index contributed by atoms with van der Waals surface area (Å²) in [5.74, 6) is 1.94. The summed E-state index contributed by atoms with van der Waals surface area (Å²) in [5.41, 5.74) is 0.861. The molecule has 0 amide bonds. The van der Waals surface area contributed by atoms with Crippen LogP contribution in [0.25, 0.3) is 0 Å². The minimum atomic E-state index is 0.294. The van der Waals surface area contributed by atoms with Gasteiger partial charge in [0, 0.05) is 12.0 Å². The summed E-state index contributed by atoms with van der Waals surface area (Å²) in [4.78, 5) is 12.0. The number of rotatable bonds is 10. The zero-order chi connectivity index (χ0) is 14.8. The first kappa shape index (κ1) is 16.9. The van der Waals surface area contributed by atoms with Gasteiger partial charge in [0.15, 0.2) is 5.78 Å². The predicted molar refractivity (Wildman–Crippen MR) is 87.1 cm³/mol. The third-order valence-electron chi connectivity index (χ3n) is 4.45. The number of ketones is 1. The van der Waals surface area contributed by atoms with Gasteiger partial charge in [0.1, 0.15) is 0 Å². The highest BCUT2D eigenvalue weighted by Gasteiger charge is 2.10. The summed E-state index contributed by atoms with van der Waals surface area (Å²) < 4.78 is 0. The van der Waals surface area contributed by atoms with E-state index < -0.39 is 0 Å². The Morgan fingerprint density at radius 2 is 1.70 bits per heavy atom. The second kappa shape index (κ2) is 9.74. The highest BCUT2D eigenvalue weighted by atomic mass is 16.1. The number of carbonyl (C=O) groups is 1. The average Bonchev–Trinajstić information content (AvgIpc) is 2.50. The summed E-state index contributed by atoms with van der Waals surface area (Å²) in [6, 6.07) is 9.67. The van der Waals surface area contributed by atoms with E-state index in [4.69, 9.17) is 0 Å². The maximum absolute atomic E-state index is 12.0. The molecule has 0 heterocycles. The number of hydrogen-bond acceptors (Lipinski definition) is 1. The van der Waals surface area contributed by atoms with Gasteiger partial charge >= 0.3 is 0 Å². The molecule has 0 saturated carbocycles. The van der Waals surface area contributed by atoms with Crippen molar-refractivity contribution in [2.75, 3.05) is 0 Å². The SMILES string of the molecule is CCC(C)CCC(CC)CCCC(=O)c1ccccc1. The molecule has 1 aromatic rings. The summed E-state index contributed by atoms with van der Waals surface area (Å²) in [6.07, 6.45) is 8.12. The van der Waals surface area contributed by atoms with Crippen molar-refractivity contribution >= 4 is 5.78 Å². The zero-order valence-electron chi connectivity index (χ0n) is 13.4. The first-order chi connectivity index (χ1) is 9.67. The molecule has 0 bridgehead atoms. The number of hydrogen-bond donors (Lipinski definition) is 0. The average molecular weight is 274 g/mol. The molecule has 2 unspecified atom stereocenters. The fourth-order valence-electron chi connectivity index (χ4n) is 2.60. The summed E-state index contributed by atoms with van der Waals surface area (Å²) >= 11 is 0. The molecule has 0 fully saturated rings. The lowest BCUT2D eigenvalue weighted by Crippen LogP contribution is -2.05. The van der Waals surface area contributed by atoms with Gasteiger partial charge < -0.3 is 0 Å². The molecule has 0 aliphatic rings. The number of carbonyl (C=O) groups excluding carboxylic acids is 1. The molecule has 0 aromatic heterocycles. The number of Topliss-reactive ketones (excluding diaryl/α,β-unsaturated/α-hetero) is 1. The van der Waals surface area contributed by atoms with Crippen LogP contribution in [0.3, 0.4) is 0 Å². The quantitative estimate of drug-likeness (QED) is 0.486. The van der Waals surface area contributed by atoms with Crippen LogP contribution >= 0.6 is 0 Å². The van der Waals surface area contributed by atoms with Gasteiger partial charge in [-0.2, -0.15) is 0 Å². The molecular weight excluding hydrogens is 244 g/mol. The maximum Gasteiger partial charge on any atom is 0.162 e. The molecule has 0 spiro atoms. The van der Waals surface area contributed by atoms with Gasteiger partial charge in [-0.15, -0.1) is 0 Å². The van der Waals surface area contributed by atoms with E-state index >= 15 is 0 Å². The highest BCUT2D eigenvalue weighted by Crippen LogP contribution is 2.22. The normalized spacial score (nSPS) is 13.9. The van der Waals surface area contributed by atoms with E-state index in [0.717, 1.165) is 23.8 Å². The van der Waals surface area contributed by atoms with Crippen LogP contribution in [0.5, 0.6) is 0 Å². The van der Waals surface area contributed by atoms with Crippen LogP contribution in [-0.4, -0.2) is 5.78 Å². The molecule has 1 heteroatoms.